The second-order valence-electron chi connectivity index (χ2n) is 5.98. The van der Waals surface area contributed by atoms with Crippen LogP contribution in [0.15, 0.2) is 81.6 Å². The molecule has 0 spiro atoms. The lowest BCUT2D eigenvalue weighted by atomic mass is 10.1. The predicted molar refractivity (Wildman–Crippen MR) is 113 cm³/mol. The van der Waals surface area contributed by atoms with Crippen molar-refractivity contribution in [2.24, 2.45) is 0 Å². The molecule has 5 nitrogen and oxygen atoms in total. The van der Waals surface area contributed by atoms with Crippen LogP contribution in [-0.4, -0.2) is 25.2 Å². The fourth-order valence-electron chi connectivity index (χ4n) is 2.92. The minimum absolute atomic E-state index is 0.674. The van der Waals surface area contributed by atoms with Crippen molar-refractivity contribution in [3.8, 4) is 16.9 Å². The highest BCUT2D eigenvalue weighted by Crippen LogP contribution is 2.34. The number of halogens is 1. The molecule has 0 radical (unpaired) electrons. The quantitative estimate of drug-likeness (QED) is 0.370. The Bertz CT molecular complexity index is 1260. The smallest absolute Gasteiger partial charge is 0.221 e. The van der Waals surface area contributed by atoms with Gasteiger partial charge in [0.25, 0.3) is 0 Å². The molecule has 8 heteroatoms. The molecule has 2 aromatic heterocycles. The molecule has 0 aliphatic rings. The summed E-state index contributed by atoms with van der Waals surface area (Å²) in [5.74, 6) is 0. The molecule has 0 unspecified atom stereocenters. The molecular weight excluding hydrogens is 410 g/mol. The van der Waals surface area contributed by atoms with Crippen molar-refractivity contribution in [2.75, 3.05) is 0 Å². The first kappa shape index (κ1) is 17.4. The third-order valence-corrected chi connectivity index (χ3v) is 6.37. The third-order valence-electron chi connectivity index (χ3n) is 4.24. The summed E-state index contributed by atoms with van der Waals surface area (Å²) in [5, 5.41) is 17.9. The summed E-state index contributed by atoms with van der Waals surface area (Å²) < 4.78 is 2.64. The molecule has 136 valence electrons. The summed E-state index contributed by atoms with van der Waals surface area (Å²) in [6.07, 6.45) is 0. The van der Waals surface area contributed by atoms with Crippen LogP contribution in [0.5, 0.6) is 0 Å². The molecule has 0 bridgehead atoms. The van der Waals surface area contributed by atoms with E-state index in [-0.39, 0.29) is 0 Å². The Kier molecular flexibility index (Phi) is 4.56. The van der Waals surface area contributed by atoms with E-state index < -0.39 is 0 Å². The van der Waals surface area contributed by atoms with Crippen LogP contribution < -0.4 is 0 Å². The zero-order valence-corrected chi connectivity index (χ0v) is 16.7. The van der Waals surface area contributed by atoms with E-state index in [1.54, 1.807) is 16.0 Å². The first-order chi connectivity index (χ1) is 13.8. The maximum Gasteiger partial charge on any atom is 0.221 e. The Morgan fingerprint density at radius 1 is 0.929 bits per heavy atom. The Morgan fingerprint density at radius 2 is 1.75 bits per heavy atom. The molecule has 0 aliphatic carbocycles. The average Bonchev–Trinajstić information content (AvgIpc) is 3.38. The molecule has 5 rings (SSSR count). The van der Waals surface area contributed by atoms with Crippen molar-refractivity contribution in [3.63, 3.8) is 0 Å². The topological polar surface area (TPSA) is 56.5 Å². The van der Waals surface area contributed by atoms with Crippen molar-refractivity contribution in [3.05, 3.63) is 77.1 Å². The zero-order chi connectivity index (χ0) is 18.9. The van der Waals surface area contributed by atoms with Crippen molar-refractivity contribution in [2.45, 2.75) is 9.50 Å². The van der Waals surface area contributed by atoms with Crippen LogP contribution in [0.1, 0.15) is 0 Å². The summed E-state index contributed by atoms with van der Waals surface area (Å²) in [6, 6.07) is 22.0. The van der Waals surface area contributed by atoms with Gasteiger partial charge in [-0.1, -0.05) is 60.1 Å². The summed E-state index contributed by atoms with van der Waals surface area (Å²) >= 11 is 8.98. The lowest BCUT2D eigenvalue weighted by Gasteiger charge is -2.07. The predicted octanol–water partition coefficient (Wildman–Crippen LogP) is 5.74. The molecule has 2 heterocycles. The Morgan fingerprint density at radius 3 is 2.64 bits per heavy atom. The van der Waals surface area contributed by atoms with E-state index in [0.717, 1.165) is 32.1 Å². The maximum atomic E-state index is 5.97. The molecule has 0 saturated heterocycles. The van der Waals surface area contributed by atoms with Gasteiger partial charge in [-0.15, -0.1) is 16.4 Å². The number of rotatable bonds is 4. The summed E-state index contributed by atoms with van der Waals surface area (Å²) in [5.41, 5.74) is 2.88. The SMILES string of the molecule is Clc1ccc(-c2csc(Sc3nnnn3-c3cccc4ccccc34)n2)cc1. The summed E-state index contributed by atoms with van der Waals surface area (Å²) in [6.45, 7) is 0. The minimum Gasteiger partial charge on any atom is -0.229 e. The van der Waals surface area contributed by atoms with Gasteiger partial charge in [-0.3, -0.25) is 0 Å². The van der Waals surface area contributed by atoms with E-state index in [0.29, 0.717) is 10.2 Å². The van der Waals surface area contributed by atoms with Crippen LogP contribution in [0.2, 0.25) is 5.02 Å². The van der Waals surface area contributed by atoms with Gasteiger partial charge in [-0.25, -0.2) is 4.98 Å². The molecule has 0 aliphatic heterocycles. The number of fused-ring (bicyclic) bond motifs is 1. The Hall–Kier alpha value is -2.74. The van der Waals surface area contributed by atoms with Crippen LogP contribution in [0.4, 0.5) is 0 Å². The lowest BCUT2D eigenvalue weighted by molar-refractivity contribution is 0.761. The highest BCUT2D eigenvalue weighted by atomic mass is 35.5. The van der Waals surface area contributed by atoms with E-state index in [1.165, 1.54) is 11.8 Å². The van der Waals surface area contributed by atoms with Gasteiger partial charge in [-0.05, 0) is 45.8 Å². The Labute approximate surface area is 174 Å². The highest BCUT2D eigenvalue weighted by molar-refractivity contribution is 8.00. The van der Waals surface area contributed by atoms with Crippen LogP contribution in [0, 0.1) is 0 Å². The maximum absolute atomic E-state index is 5.97. The number of tetrazole rings is 1. The monoisotopic (exact) mass is 421 g/mol. The first-order valence-corrected chi connectivity index (χ1v) is 10.5. The fraction of sp³-hybridized carbons (Fsp3) is 0. The van der Waals surface area contributed by atoms with Crippen LogP contribution in [-0.2, 0) is 0 Å². The van der Waals surface area contributed by atoms with Crippen LogP contribution >= 0.6 is 34.7 Å². The number of hydrogen-bond donors (Lipinski definition) is 0. The first-order valence-electron chi connectivity index (χ1n) is 8.44. The second-order valence-corrected chi connectivity index (χ2v) is 8.49. The standard InChI is InChI=1S/C20H12ClN5S2/c21-15-10-8-14(9-11-15)17-12-27-20(22-17)28-19-23-24-25-26(19)18-7-3-5-13-4-1-2-6-16(13)18/h1-12H. The van der Waals surface area contributed by atoms with Gasteiger partial charge in [0.15, 0.2) is 4.34 Å². The van der Waals surface area contributed by atoms with Crippen molar-refractivity contribution >= 4 is 45.5 Å². The lowest BCUT2D eigenvalue weighted by Crippen LogP contribution is -1.99. The molecule has 3 aromatic carbocycles. The minimum atomic E-state index is 0.674. The number of thiazole rings is 1. The molecular formula is C20H12ClN5S2. The molecule has 0 atom stereocenters. The fourth-order valence-corrected chi connectivity index (χ4v) is 4.76. The van der Waals surface area contributed by atoms with Gasteiger partial charge in [0.2, 0.25) is 5.16 Å². The van der Waals surface area contributed by atoms with Crippen LogP contribution in [0.3, 0.4) is 0 Å². The van der Waals surface area contributed by atoms with Crippen molar-refractivity contribution in [1.82, 2.24) is 25.2 Å². The zero-order valence-electron chi connectivity index (χ0n) is 14.4. The largest absolute Gasteiger partial charge is 0.229 e. The van der Waals surface area contributed by atoms with Gasteiger partial charge in [0, 0.05) is 21.4 Å². The van der Waals surface area contributed by atoms with E-state index in [9.17, 15) is 0 Å². The number of nitrogens with zero attached hydrogens (tertiary/aromatic N) is 5. The van der Waals surface area contributed by atoms with Gasteiger partial charge in [0.05, 0.1) is 11.4 Å². The van der Waals surface area contributed by atoms with E-state index in [4.69, 9.17) is 16.6 Å². The highest BCUT2D eigenvalue weighted by Gasteiger charge is 2.15. The summed E-state index contributed by atoms with van der Waals surface area (Å²) in [4.78, 5) is 4.71. The number of hydrogen-bond acceptors (Lipinski definition) is 6. The third kappa shape index (κ3) is 3.28. The van der Waals surface area contributed by atoms with E-state index in [2.05, 4.69) is 33.7 Å². The molecule has 0 saturated carbocycles. The van der Waals surface area contributed by atoms with E-state index in [1.807, 2.05) is 53.9 Å². The van der Waals surface area contributed by atoms with Crippen molar-refractivity contribution in [1.29, 1.82) is 0 Å². The average molecular weight is 422 g/mol. The Balaban J connectivity index is 1.48. The normalized spacial score (nSPS) is 11.2. The van der Waals surface area contributed by atoms with Gasteiger partial charge in [0.1, 0.15) is 0 Å². The van der Waals surface area contributed by atoms with Gasteiger partial charge >= 0.3 is 0 Å². The van der Waals surface area contributed by atoms with Crippen molar-refractivity contribution < 1.29 is 0 Å². The van der Waals surface area contributed by atoms with Gasteiger partial charge < -0.3 is 0 Å². The summed E-state index contributed by atoms with van der Waals surface area (Å²) in [7, 11) is 0. The molecule has 0 amide bonds. The molecule has 0 N–H and O–H groups in total. The number of benzene rings is 3. The van der Waals surface area contributed by atoms with Gasteiger partial charge in [-0.2, -0.15) is 4.68 Å². The van der Waals surface area contributed by atoms with Crippen LogP contribution in [0.25, 0.3) is 27.7 Å². The molecule has 5 aromatic rings. The number of aromatic nitrogens is 5. The molecule has 0 fully saturated rings. The van der Waals surface area contributed by atoms with E-state index >= 15 is 0 Å². The second kappa shape index (κ2) is 7.35. The molecule has 28 heavy (non-hydrogen) atoms.